The van der Waals surface area contributed by atoms with Crippen LogP contribution in [0.3, 0.4) is 0 Å². The van der Waals surface area contributed by atoms with Crippen molar-refractivity contribution in [3.63, 3.8) is 0 Å². The summed E-state index contributed by atoms with van der Waals surface area (Å²) in [6, 6.07) is 1.55. The Morgan fingerprint density at radius 1 is 1.38 bits per heavy atom. The number of carbonyl (C=O) groups is 2. The molecule has 1 aliphatic rings. The number of aromatic nitrogens is 1. The van der Waals surface area contributed by atoms with Gasteiger partial charge in [0.2, 0.25) is 5.91 Å². The molecule has 21 heavy (non-hydrogen) atoms. The van der Waals surface area contributed by atoms with Gasteiger partial charge in [0.25, 0.3) is 5.88 Å². The van der Waals surface area contributed by atoms with Crippen LogP contribution in [0, 0.1) is 0 Å². The molecule has 0 aromatic carbocycles. The molecule has 1 aromatic rings. The van der Waals surface area contributed by atoms with Crippen molar-refractivity contribution >= 4 is 11.9 Å². The standard InChI is InChI=1S/C14H20N2O5/c1-19-12-8-11(21-15-12)10-20-14(18)9-16-7-5-3-2-4-6-13(16)17/h8H,2-7,9-10H2,1H3. The van der Waals surface area contributed by atoms with Crippen molar-refractivity contribution in [2.24, 2.45) is 0 Å². The third kappa shape index (κ3) is 4.77. The lowest BCUT2D eigenvalue weighted by Crippen LogP contribution is -2.37. The summed E-state index contributed by atoms with van der Waals surface area (Å²) in [5.74, 6) is 0.312. The number of hydrogen-bond acceptors (Lipinski definition) is 6. The molecule has 0 N–H and O–H groups in total. The van der Waals surface area contributed by atoms with E-state index in [4.69, 9.17) is 14.0 Å². The number of amides is 1. The van der Waals surface area contributed by atoms with Crippen molar-refractivity contribution in [3.8, 4) is 5.88 Å². The van der Waals surface area contributed by atoms with Crippen LogP contribution in [0.5, 0.6) is 5.88 Å². The maximum Gasteiger partial charge on any atom is 0.326 e. The molecule has 0 aliphatic carbocycles. The van der Waals surface area contributed by atoms with Gasteiger partial charge in [0.15, 0.2) is 12.4 Å². The molecular formula is C14H20N2O5. The average molecular weight is 296 g/mol. The Labute approximate surface area is 123 Å². The first kappa shape index (κ1) is 15.3. The summed E-state index contributed by atoms with van der Waals surface area (Å²) >= 11 is 0. The van der Waals surface area contributed by atoms with Crippen LogP contribution >= 0.6 is 0 Å². The Bertz CT molecular complexity index is 485. The maximum absolute atomic E-state index is 11.9. The zero-order valence-electron chi connectivity index (χ0n) is 12.2. The molecule has 7 nitrogen and oxygen atoms in total. The lowest BCUT2D eigenvalue weighted by Gasteiger charge is -2.23. The molecule has 1 fully saturated rings. The number of rotatable bonds is 5. The molecule has 2 rings (SSSR count). The van der Waals surface area contributed by atoms with E-state index in [0.29, 0.717) is 24.6 Å². The fraction of sp³-hybridized carbons (Fsp3) is 0.643. The van der Waals surface area contributed by atoms with Gasteiger partial charge in [-0.3, -0.25) is 9.59 Å². The van der Waals surface area contributed by atoms with E-state index in [2.05, 4.69) is 5.16 Å². The van der Waals surface area contributed by atoms with Crippen molar-refractivity contribution in [3.05, 3.63) is 11.8 Å². The monoisotopic (exact) mass is 296 g/mol. The van der Waals surface area contributed by atoms with Crippen LogP contribution in [0.4, 0.5) is 0 Å². The Kier molecular flexibility index (Phi) is 5.59. The van der Waals surface area contributed by atoms with Crippen molar-refractivity contribution in [2.45, 2.75) is 38.7 Å². The minimum Gasteiger partial charge on any atom is -0.479 e. The van der Waals surface area contributed by atoms with E-state index < -0.39 is 5.97 Å². The van der Waals surface area contributed by atoms with Gasteiger partial charge in [-0.2, -0.15) is 0 Å². The van der Waals surface area contributed by atoms with E-state index in [-0.39, 0.29) is 19.1 Å². The van der Waals surface area contributed by atoms with Crippen LogP contribution < -0.4 is 4.74 Å². The minimum absolute atomic E-state index is 0.00982. The summed E-state index contributed by atoms with van der Waals surface area (Å²) in [5.41, 5.74) is 0. The largest absolute Gasteiger partial charge is 0.479 e. The highest BCUT2D eigenvalue weighted by atomic mass is 16.6. The summed E-state index contributed by atoms with van der Waals surface area (Å²) in [5, 5.41) is 3.61. The van der Waals surface area contributed by atoms with Gasteiger partial charge in [0.1, 0.15) is 6.54 Å². The van der Waals surface area contributed by atoms with Crippen LogP contribution in [-0.4, -0.2) is 42.1 Å². The predicted molar refractivity (Wildman–Crippen MR) is 72.5 cm³/mol. The van der Waals surface area contributed by atoms with Gasteiger partial charge in [-0.15, -0.1) is 0 Å². The zero-order valence-corrected chi connectivity index (χ0v) is 12.2. The van der Waals surface area contributed by atoms with E-state index in [1.165, 1.54) is 7.11 Å². The van der Waals surface area contributed by atoms with Gasteiger partial charge in [-0.25, -0.2) is 0 Å². The molecule has 116 valence electrons. The summed E-state index contributed by atoms with van der Waals surface area (Å²) in [4.78, 5) is 25.3. The van der Waals surface area contributed by atoms with Gasteiger partial charge in [-0.1, -0.05) is 12.8 Å². The molecule has 0 unspecified atom stereocenters. The number of esters is 1. The number of methoxy groups -OCH3 is 1. The molecule has 1 aromatic heterocycles. The maximum atomic E-state index is 11.9. The first-order chi connectivity index (χ1) is 10.2. The molecule has 0 bridgehead atoms. The Hall–Kier alpha value is -2.05. The van der Waals surface area contributed by atoms with Gasteiger partial charge in [0.05, 0.1) is 7.11 Å². The van der Waals surface area contributed by atoms with Crippen molar-refractivity contribution in [1.82, 2.24) is 10.1 Å². The fourth-order valence-corrected chi connectivity index (χ4v) is 2.19. The van der Waals surface area contributed by atoms with Crippen molar-refractivity contribution in [1.29, 1.82) is 0 Å². The Morgan fingerprint density at radius 3 is 2.95 bits per heavy atom. The van der Waals surface area contributed by atoms with E-state index in [1.807, 2.05) is 0 Å². The quantitative estimate of drug-likeness (QED) is 0.766. The highest BCUT2D eigenvalue weighted by Gasteiger charge is 2.19. The second kappa shape index (κ2) is 7.66. The topological polar surface area (TPSA) is 81.9 Å². The third-order valence-corrected chi connectivity index (χ3v) is 3.36. The molecule has 7 heteroatoms. The fourth-order valence-electron chi connectivity index (χ4n) is 2.19. The van der Waals surface area contributed by atoms with Crippen LogP contribution in [0.2, 0.25) is 0 Å². The number of carbonyl (C=O) groups excluding carboxylic acids is 2. The Balaban J connectivity index is 1.78. The molecule has 0 radical (unpaired) electrons. The Morgan fingerprint density at radius 2 is 2.19 bits per heavy atom. The first-order valence-corrected chi connectivity index (χ1v) is 7.12. The molecule has 0 saturated carbocycles. The first-order valence-electron chi connectivity index (χ1n) is 7.12. The average Bonchev–Trinajstić information content (AvgIpc) is 2.93. The molecule has 1 aliphatic heterocycles. The molecule has 1 saturated heterocycles. The molecular weight excluding hydrogens is 276 g/mol. The predicted octanol–water partition coefficient (Wildman–Crippen LogP) is 1.52. The molecule has 1 amide bonds. The second-order valence-electron chi connectivity index (χ2n) is 4.98. The number of nitrogens with zero attached hydrogens (tertiary/aromatic N) is 2. The van der Waals surface area contributed by atoms with Crippen LogP contribution in [0.1, 0.15) is 37.9 Å². The normalized spacial score (nSPS) is 16.2. The van der Waals surface area contributed by atoms with Crippen LogP contribution in [0.15, 0.2) is 10.6 Å². The summed E-state index contributed by atoms with van der Waals surface area (Å²) < 4.78 is 14.9. The third-order valence-electron chi connectivity index (χ3n) is 3.36. The molecule has 2 heterocycles. The van der Waals surface area contributed by atoms with E-state index in [1.54, 1.807) is 11.0 Å². The SMILES string of the molecule is COc1cc(COC(=O)CN2CCCCCCC2=O)on1. The highest BCUT2D eigenvalue weighted by molar-refractivity contribution is 5.82. The van der Waals surface area contributed by atoms with Crippen LogP contribution in [-0.2, 0) is 20.9 Å². The second-order valence-corrected chi connectivity index (χ2v) is 4.98. The van der Waals surface area contributed by atoms with Crippen molar-refractivity contribution < 1.29 is 23.6 Å². The number of ether oxygens (including phenoxy) is 2. The van der Waals surface area contributed by atoms with Crippen molar-refractivity contribution in [2.75, 3.05) is 20.2 Å². The van der Waals surface area contributed by atoms with Crippen LogP contribution in [0.25, 0.3) is 0 Å². The minimum atomic E-state index is -0.445. The van der Waals surface area contributed by atoms with E-state index in [9.17, 15) is 9.59 Å². The number of hydrogen-bond donors (Lipinski definition) is 0. The van der Waals surface area contributed by atoms with Gasteiger partial charge >= 0.3 is 5.97 Å². The highest BCUT2D eigenvalue weighted by Crippen LogP contribution is 2.13. The van der Waals surface area contributed by atoms with E-state index >= 15 is 0 Å². The number of likely N-dealkylation sites (tertiary alicyclic amines) is 1. The molecule has 0 spiro atoms. The smallest absolute Gasteiger partial charge is 0.326 e. The molecule has 0 atom stereocenters. The summed E-state index contributed by atoms with van der Waals surface area (Å²) in [7, 11) is 1.47. The van der Waals surface area contributed by atoms with Gasteiger partial charge in [-0.05, 0) is 18.0 Å². The van der Waals surface area contributed by atoms with E-state index in [0.717, 1.165) is 25.7 Å². The lowest BCUT2D eigenvalue weighted by molar-refractivity contribution is -0.151. The summed E-state index contributed by atoms with van der Waals surface area (Å²) in [6.45, 7) is 0.589. The lowest BCUT2D eigenvalue weighted by atomic mass is 10.1. The zero-order chi connectivity index (χ0) is 15.1. The van der Waals surface area contributed by atoms with Gasteiger partial charge in [0, 0.05) is 19.0 Å². The van der Waals surface area contributed by atoms with Gasteiger partial charge < -0.3 is 18.9 Å². The summed E-state index contributed by atoms with van der Waals surface area (Å²) in [6.07, 6.45) is 4.50.